The number of nitrogens with two attached hydrogens (primary N) is 2. The number of carboxylic acids is 1. The topological polar surface area (TPSA) is 176 Å². The zero-order valence-electron chi connectivity index (χ0n) is 22.6. The van der Waals surface area contributed by atoms with E-state index in [2.05, 4.69) is 5.32 Å². The van der Waals surface area contributed by atoms with Crippen molar-refractivity contribution in [2.24, 2.45) is 5.73 Å². The number of hydrogen-bond donors (Lipinski definition) is 5. The average Bonchev–Trinajstić information content (AvgIpc) is 2.97. The Morgan fingerprint density at radius 1 is 0.902 bits per heavy atom. The van der Waals surface area contributed by atoms with Gasteiger partial charge in [-0.1, -0.05) is 42.5 Å². The molecule has 0 aliphatic rings. The van der Waals surface area contributed by atoms with Gasteiger partial charge in [0.05, 0.1) is 6.04 Å². The van der Waals surface area contributed by atoms with E-state index in [0.717, 1.165) is 4.90 Å². The molecule has 3 amide bonds. The number of carbonyl (C=O) groups is 4. The molecule has 0 aliphatic heterocycles. The zero-order valence-corrected chi connectivity index (χ0v) is 23.4. The highest BCUT2D eigenvalue weighted by Gasteiger charge is 2.39. The molecular formula is C30H34N4O6S. The van der Waals surface area contributed by atoms with E-state index in [4.69, 9.17) is 11.5 Å². The number of rotatable bonds is 13. The second-order valence-electron chi connectivity index (χ2n) is 9.50. The van der Waals surface area contributed by atoms with Gasteiger partial charge in [0.2, 0.25) is 11.8 Å². The number of amides is 3. The molecule has 0 bridgehead atoms. The first-order valence-electron chi connectivity index (χ1n) is 12.9. The molecule has 11 heteroatoms. The molecule has 0 unspecified atom stereocenters. The van der Waals surface area contributed by atoms with Gasteiger partial charge in [0.1, 0.15) is 17.8 Å². The molecule has 0 saturated heterocycles. The number of hydrogen-bond acceptors (Lipinski definition) is 8. The Kier molecular flexibility index (Phi) is 11.3. The highest BCUT2D eigenvalue weighted by molar-refractivity contribution is 7.98. The molecule has 3 rings (SSSR count). The minimum absolute atomic E-state index is 0.0271. The summed E-state index contributed by atoms with van der Waals surface area (Å²) in [6.07, 6.45) is 1.90. The predicted molar refractivity (Wildman–Crippen MR) is 158 cm³/mol. The number of carboxylic acid groups (broad SMARTS) is 1. The smallest absolute Gasteiger partial charge is 0.326 e. The number of nitrogens with one attached hydrogen (secondary N) is 1. The second kappa shape index (κ2) is 14.9. The molecule has 3 aromatic carbocycles. The summed E-state index contributed by atoms with van der Waals surface area (Å²) in [7, 11) is 0. The second-order valence-corrected chi connectivity index (χ2v) is 10.5. The molecule has 216 valence electrons. The number of aromatic hydroxyl groups is 1. The maximum atomic E-state index is 13.9. The number of benzene rings is 3. The van der Waals surface area contributed by atoms with Gasteiger partial charge in [-0.3, -0.25) is 19.3 Å². The summed E-state index contributed by atoms with van der Waals surface area (Å²) < 4.78 is 0. The van der Waals surface area contributed by atoms with Crippen LogP contribution in [0.2, 0.25) is 0 Å². The van der Waals surface area contributed by atoms with Crippen LogP contribution in [-0.4, -0.2) is 68.9 Å². The van der Waals surface area contributed by atoms with Gasteiger partial charge in [-0.2, -0.15) is 11.8 Å². The monoisotopic (exact) mass is 578 g/mol. The normalized spacial score (nSPS) is 13.0. The summed E-state index contributed by atoms with van der Waals surface area (Å²) in [5.41, 5.74) is 14.0. The fraction of sp³-hybridized carbons (Fsp3) is 0.267. The molecule has 0 spiro atoms. The van der Waals surface area contributed by atoms with Crippen molar-refractivity contribution in [3.63, 3.8) is 0 Å². The van der Waals surface area contributed by atoms with Crippen molar-refractivity contribution in [1.29, 1.82) is 0 Å². The quantitative estimate of drug-likeness (QED) is 0.191. The number of aliphatic carboxylic acids is 1. The first kappa shape index (κ1) is 31.2. The van der Waals surface area contributed by atoms with Crippen molar-refractivity contribution in [2.75, 3.05) is 17.7 Å². The first-order chi connectivity index (χ1) is 19.6. The van der Waals surface area contributed by atoms with Crippen LogP contribution in [0.15, 0.2) is 78.9 Å². The van der Waals surface area contributed by atoms with E-state index in [9.17, 15) is 29.4 Å². The zero-order chi connectivity index (χ0) is 29.9. The van der Waals surface area contributed by atoms with Gasteiger partial charge in [-0.05, 0) is 72.4 Å². The van der Waals surface area contributed by atoms with Crippen LogP contribution in [0.3, 0.4) is 0 Å². The minimum Gasteiger partial charge on any atom is -0.508 e. The predicted octanol–water partition coefficient (Wildman–Crippen LogP) is 2.45. The Morgan fingerprint density at radius 3 is 2.07 bits per heavy atom. The Labute approximate surface area is 242 Å². The van der Waals surface area contributed by atoms with Crippen molar-refractivity contribution >= 4 is 41.1 Å². The molecule has 0 aromatic heterocycles. The Balaban J connectivity index is 2.04. The van der Waals surface area contributed by atoms with Gasteiger partial charge in [-0.15, -0.1) is 0 Å². The molecule has 0 fully saturated rings. The third kappa shape index (κ3) is 8.82. The van der Waals surface area contributed by atoms with Gasteiger partial charge in [-0.25, -0.2) is 4.79 Å². The lowest BCUT2D eigenvalue weighted by atomic mass is 9.99. The lowest BCUT2D eigenvalue weighted by molar-refractivity contribution is -0.143. The van der Waals surface area contributed by atoms with Crippen LogP contribution in [0.5, 0.6) is 5.75 Å². The number of phenols is 1. The Morgan fingerprint density at radius 2 is 1.49 bits per heavy atom. The van der Waals surface area contributed by atoms with Crippen LogP contribution >= 0.6 is 11.8 Å². The average molecular weight is 579 g/mol. The van der Waals surface area contributed by atoms with Gasteiger partial charge >= 0.3 is 5.97 Å². The van der Waals surface area contributed by atoms with E-state index >= 15 is 0 Å². The van der Waals surface area contributed by atoms with Crippen LogP contribution in [0.1, 0.15) is 27.9 Å². The number of imide groups is 1. The molecule has 7 N–H and O–H groups in total. The highest BCUT2D eigenvalue weighted by atomic mass is 32.2. The maximum absolute atomic E-state index is 13.9. The molecule has 0 heterocycles. The lowest BCUT2D eigenvalue weighted by Crippen LogP contribution is -2.59. The van der Waals surface area contributed by atoms with Crippen molar-refractivity contribution in [3.8, 4) is 5.75 Å². The standard InChI is InChI=1S/C30H34N4O6S/c1-41-16-15-25(30(39)40)33-27(36)26(18-20-7-11-22(31)12-8-20)34(28(37)21-5-3-2-4-6-21)29(38)24(32)17-19-9-13-23(35)14-10-19/h2-14,24-26,35H,15-18,31-32H2,1H3,(H,33,36)(H,39,40)/t24-,25-,26-/m0/s1. The summed E-state index contributed by atoms with van der Waals surface area (Å²) in [5.74, 6) is -3.06. The summed E-state index contributed by atoms with van der Waals surface area (Å²) in [5, 5.41) is 21.9. The fourth-order valence-electron chi connectivity index (χ4n) is 4.21. The molecule has 0 radical (unpaired) electrons. The molecular weight excluding hydrogens is 544 g/mol. The van der Waals surface area contributed by atoms with E-state index < -0.39 is 41.8 Å². The van der Waals surface area contributed by atoms with Crippen LogP contribution in [-0.2, 0) is 27.2 Å². The highest BCUT2D eigenvalue weighted by Crippen LogP contribution is 2.19. The van der Waals surface area contributed by atoms with E-state index in [-0.39, 0.29) is 30.6 Å². The molecule has 0 aliphatic carbocycles. The van der Waals surface area contributed by atoms with E-state index in [1.165, 1.54) is 36.0 Å². The van der Waals surface area contributed by atoms with Gasteiger partial charge in [0, 0.05) is 17.7 Å². The number of carbonyl (C=O) groups excluding carboxylic acids is 3. The van der Waals surface area contributed by atoms with Crippen molar-refractivity contribution < 1.29 is 29.4 Å². The van der Waals surface area contributed by atoms with Crippen molar-refractivity contribution in [2.45, 2.75) is 37.4 Å². The molecule has 41 heavy (non-hydrogen) atoms. The fourth-order valence-corrected chi connectivity index (χ4v) is 4.68. The third-order valence-electron chi connectivity index (χ3n) is 6.43. The van der Waals surface area contributed by atoms with Gasteiger partial charge < -0.3 is 27.0 Å². The van der Waals surface area contributed by atoms with Crippen LogP contribution < -0.4 is 16.8 Å². The Bertz CT molecular complexity index is 1340. The number of nitrogens with zero attached hydrogens (tertiary/aromatic N) is 1. The number of nitrogen functional groups attached to an aromatic ring is 1. The Hall–Kier alpha value is -4.35. The summed E-state index contributed by atoms with van der Waals surface area (Å²) in [6.45, 7) is 0. The lowest BCUT2D eigenvalue weighted by Gasteiger charge is -2.32. The van der Waals surface area contributed by atoms with Gasteiger partial charge in [0.15, 0.2) is 0 Å². The summed E-state index contributed by atoms with van der Waals surface area (Å²) in [4.78, 5) is 54.3. The molecule has 0 saturated carbocycles. The van der Waals surface area contributed by atoms with Gasteiger partial charge in [0.25, 0.3) is 5.91 Å². The van der Waals surface area contributed by atoms with Crippen LogP contribution in [0.25, 0.3) is 0 Å². The third-order valence-corrected chi connectivity index (χ3v) is 7.08. The SMILES string of the molecule is CSCC[C@H](NC(=O)[C@H](Cc1ccc(N)cc1)N(C(=O)c1ccccc1)C(=O)[C@@H](N)Cc1ccc(O)cc1)C(=O)O. The summed E-state index contributed by atoms with van der Waals surface area (Å²) >= 11 is 1.43. The first-order valence-corrected chi connectivity index (χ1v) is 14.3. The number of thioether (sulfide) groups is 1. The number of anilines is 1. The van der Waals surface area contributed by atoms with Crippen molar-refractivity contribution in [3.05, 3.63) is 95.6 Å². The van der Waals surface area contributed by atoms with E-state index in [1.54, 1.807) is 54.6 Å². The van der Waals surface area contributed by atoms with E-state index in [1.807, 2.05) is 6.26 Å². The molecule has 3 aromatic rings. The largest absolute Gasteiger partial charge is 0.508 e. The number of phenolic OH excluding ortho intramolecular Hbond substituents is 1. The van der Waals surface area contributed by atoms with Crippen LogP contribution in [0.4, 0.5) is 5.69 Å². The minimum atomic E-state index is -1.42. The maximum Gasteiger partial charge on any atom is 0.326 e. The summed E-state index contributed by atoms with van der Waals surface area (Å²) in [6, 6.07) is 16.9. The van der Waals surface area contributed by atoms with Crippen molar-refractivity contribution in [1.82, 2.24) is 10.2 Å². The van der Waals surface area contributed by atoms with E-state index in [0.29, 0.717) is 22.6 Å². The van der Waals surface area contributed by atoms with Crippen LogP contribution in [0, 0.1) is 0 Å². The molecule has 3 atom stereocenters. The molecule has 10 nitrogen and oxygen atoms in total.